The maximum atomic E-state index is 12.4. The topological polar surface area (TPSA) is 86.7 Å². The highest BCUT2D eigenvalue weighted by atomic mass is 16.4. The van der Waals surface area contributed by atoms with E-state index in [4.69, 9.17) is 5.11 Å². The molecule has 6 heteroatoms. The third-order valence-corrected chi connectivity index (χ3v) is 4.57. The Hall–Kier alpha value is -1.59. The SMILES string of the molecule is O=C(O)C1CCC2(CC1)NC(=O)N(CC1CC1)C2=O. The van der Waals surface area contributed by atoms with Crippen molar-refractivity contribution in [3.63, 3.8) is 0 Å². The fourth-order valence-corrected chi connectivity index (χ4v) is 3.10. The van der Waals surface area contributed by atoms with Gasteiger partial charge in [-0.05, 0) is 44.4 Å². The number of nitrogens with one attached hydrogen (secondary N) is 1. The molecule has 3 rings (SSSR count). The van der Waals surface area contributed by atoms with Gasteiger partial charge >= 0.3 is 12.0 Å². The standard InChI is InChI=1S/C13H18N2O4/c16-10(17)9-3-5-13(6-4-9)11(18)15(12(19)14-13)7-8-1-2-8/h8-9H,1-7H2,(H,14,19)(H,16,17). The van der Waals surface area contributed by atoms with Crippen LogP contribution in [0.5, 0.6) is 0 Å². The summed E-state index contributed by atoms with van der Waals surface area (Å²) in [5.74, 6) is -0.859. The molecule has 2 aliphatic carbocycles. The largest absolute Gasteiger partial charge is 0.481 e. The second-order valence-corrected chi connectivity index (χ2v) is 5.98. The maximum Gasteiger partial charge on any atom is 0.325 e. The summed E-state index contributed by atoms with van der Waals surface area (Å²) in [6, 6.07) is -0.300. The van der Waals surface area contributed by atoms with Gasteiger partial charge in [0.1, 0.15) is 5.54 Å². The number of aliphatic carboxylic acids is 1. The molecule has 6 nitrogen and oxygen atoms in total. The molecule has 0 radical (unpaired) electrons. The Morgan fingerprint density at radius 2 is 1.89 bits per heavy atom. The molecule has 104 valence electrons. The molecule has 0 aromatic carbocycles. The third-order valence-electron chi connectivity index (χ3n) is 4.57. The average molecular weight is 266 g/mol. The molecule has 1 aliphatic heterocycles. The van der Waals surface area contributed by atoms with Crippen LogP contribution >= 0.6 is 0 Å². The number of nitrogens with zero attached hydrogens (tertiary/aromatic N) is 1. The van der Waals surface area contributed by atoms with E-state index >= 15 is 0 Å². The van der Waals surface area contributed by atoms with Crippen molar-refractivity contribution in [3.8, 4) is 0 Å². The van der Waals surface area contributed by atoms with Crippen molar-refractivity contribution in [1.82, 2.24) is 10.2 Å². The van der Waals surface area contributed by atoms with Crippen LogP contribution in [0.2, 0.25) is 0 Å². The number of carboxylic acid groups (broad SMARTS) is 1. The van der Waals surface area contributed by atoms with E-state index in [1.807, 2.05) is 0 Å². The van der Waals surface area contributed by atoms with Gasteiger partial charge < -0.3 is 10.4 Å². The van der Waals surface area contributed by atoms with Crippen LogP contribution in [0.3, 0.4) is 0 Å². The van der Waals surface area contributed by atoms with Crippen LogP contribution in [0, 0.1) is 11.8 Å². The lowest BCUT2D eigenvalue weighted by molar-refractivity contribution is -0.145. The minimum Gasteiger partial charge on any atom is -0.481 e. The van der Waals surface area contributed by atoms with Crippen molar-refractivity contribution < 1.29 is 19.5 Å². The molecule has 1 spiro atoms. The molecule has 1 heterocycles. The van der Waals surface area contributed by atoms with Crippen LogP contribution in [0.1, 0.15) is 38.5 Å². The van der Waals surface area contributed by atoms with Gasteiger partial charge in [-0.25, -0.2) is 4.79 Å². The summed E-state index contributed by atoms with van der Waals surface area (Å²) in [5.41, 5.74) is -0.822. The molecule has 3 amide bonds. The molecule has 0 aromatic rings. The molecule has 19 heavy (non-hydrogen) atoms. The third kappa shape index (κ3) is 2.09. The number of amides is 3. The zero-order valence-electron chi connectivity index (χ0n) is 10.7. The first-order valence-corrected chi connectivity index (χ1v) is 6.89. The molecular formula is C13H18N2O4. The van der Waals surface area contributed by atoms with E-state index in [1.54, 1.807) is 0 Å². The lowest BCUT2D eigenvalue weighted by Crippen LogP contribution is -2.50. The number of carbonyl (C=O) groups excluding carboxylic acids is 2. The lowest BCUT2D eigenvalue weighted by Gasteiger charge is -2.33. The summed E-state index contributed by atoms with van der Waals surface area (Å²) in [7, 11) is 0. The highest BCUT2D eigenvalue weighted by Gasteiger charge is 2.53. The second-order valence-electron chi connectivity index (χ2n) is 5.98. The summed E-state index contributed by atoms with van der Waals surface area (Å²) < 4.78 is 0. The lowest BCUT2D eigenvalue weighted by atomic mass is 9.76. The number of hydrogen-bond donors (Lipinski definition) is 2. The number of rotatable bonds is 3. The van der Waals surface area contributed by atoms with Gasteiger partial charge in [0, 0.05) is 6.54 Å². The highest BCUT2D eigenvalue weighted by molar-refractivity contribution is 6.07. The van der Waals surface area contributed by atoms with Gasteiger partial charge in [0.25, 0.3) is 5.91 Å². The summed E-state index contributed by atoms with van der Waals surface area (Å²) in [5, 5.41) is 11.8. The van der Waals surface area contributed by atoms with Crippen molar-refractivity contribution in [2.45, 2.75) is 44.1 Å². The fourth-order valence-electron chi connectivity index (χ4n) is 3.10. The smallest absolute Gasteiger partial charge is 0.325 e. The summed E-state index contributed by atoms with van der Waals surface area (Å²) in [6.45, 7) is 0.523. The van der Waals surface area contributed by atoms with E-state index in [0.29, 0.717) is 38.1 Å². The Labute approximate surface area is 111 Å². The van der Waals surface area contributed by atoms with Crippen LogP contribution in [-0.2, 0) is 9.59 Å². The Morgan fingerprint density at radius 3 is 2.42 bits per heavy atom. The first-order chi connectivity index (χ1) is 9.02. The van der Waals surface area contributed by atoms with Gasteiger partial charge in [0.15, 0.2) is 0 Å². The quantitative estimate of drug-likeness (QED) is 0.745. The number of carboxylic acids is 1. The molecule has 3 fully saturated rings. The Balaban J connectivity index is 1.70. The molecule has 3 aliphatic rings. The first-order valence-electron chi connectivity index (χ1n) is 6.89. The van der Waals surface area contributed by atoms with Gasteiger partial charge in [0.2, 0.25) is 0 Å². The normalized spacial score (nSPS) is 34.7. The molecule has 2 N–H and O–H groups in total. The monoisotopic (exact) mass is 266 g/mol. The molecule has 0 unspecified atom stereocenters. The second kappa shape index (κ2) is 4.21. The fraction of sp³-hybridized carbons (Fsp3) is 0.769. The average Bonchev–Trinajstić information content (AvgIpc) is 3.15. The van der Waals surface area contributed by atoms with Crippen LogP contribution in [0.4, 0.5) is 4.79 Å². The molecule has 2 saturated carbocycles. The molecule has 0 bridgehead atoms. The van der Waals surface area contributed by atoms with Crippen LogP contribution in [0.25, 0.3) is 0 Å². The van der Waals surface area contributed by atoms with E-state index in [0.717, 1.165) is 12.8 Å². The van der Waals surface area contributed by atoms with Gasteiger partial charge in [-0.2, -0.15) is 0 Å². The van der Waals surface area contributed by atoms with E-state index in [1.165, 1.54) is 4.90 Å². The first kappa shape index (κ1) is 12.4. The molecule has 0 atom stereocenters. The van der Waals surface area contributed by atoms with Gasteiger partial charge in [-0.15, -0.1) is 0 Å². The molecule has 1 saturated heterocycles. The van der Waals surface area contributed by atoms with Crippen LogP contribution in [-0.4, -0.2) is 40.0 Å². The minimum atomic E-state index is -0.822. The van der Waals surface area contributed by atoms with E-state index in [9.17, 15) is 14.4 Å². The van der Waals surface area contributed by atoms with Gasteiger partial charge in [-0.3, -0.25) is 14.5 Å². The predicted octanol–water partition coefficient (Wildman–Crippen LogP) is 0.962. The zero-order chi connectivity index (χ0) is 13.6. The number of urea groups is 1. The highest BCUT2D eigenvalue weighted by Crippen LogP contribution is 2.38. The molecular weight excluding hydrogens is 248 g/mol. The number of carbonyl (C=O) groups is 3. The predicted molar refractivity (Wildman–Crippen MR) is 65.3 cm³/mol. The van der Waals surface area contributed by atoms with Crippen molar-refractivity contribution in [2.24, 2.45) is 11.8 Å². The van der Waals surface area contributed by atoms with Crippen LogP contribution < -0.4 is 5.32 Å². The van der Waals surface area contributed by atoms with Crippen molar-refractivity contribution in [3.05, 3.63) is 0 Å². The van der Waals surface area contributed by atoms with Gasteiger partial charge in [0.05, 0.1) is 5.92 Å². The van der Waals surface area contributed by atoms with Crippen LogP contribution in [0.15, 0.2) is 0 Å². The number of imide groups is 1. The Kier molecular flexibility index (Phi) is 2.76. The minimum absolute atomic E-state index is 0.145. The van der Waals surface area contributed by atoms with E-state index in [-0.39, 0.29) is 17.9 Å². The van der Waals surface area contributed by atoms with E-state index < -0.39 is 11.5 Å². The Morgan fingerprint density at radius 1 is 1.26 bits per heavy atom. The van der Waals surface area contributed by atoms with Crippen molar-refractivity contribution in [1.29, 1.82) is 0 Å². The summed E-state index contributed by atoms with van der Waals surface area (Å²) in [6.07, 6.45) is 3.97. The summed E-state index contributed by atoms with van der Waals surface area (Å²) >= 11 is 0. The molecule has 0 aromatic heterocycles. The maximum absolute atomic E-state index is 12.4. The van der Waals surface area contributed by atoms with Gasteiger partial charge in [-0.1, -0.05) is 0 Å². The summed E-state index contributed by atoms with van der Waals surface area (Å²) in [4.78, 5) is 36.6. The van der Waals surface area contributed by atoms with Crippen molar-refractivity contribution >= 4 is 17.9 Å². The number of hydrogen-bond acceptors (Lipinski definition) is 3. The van der Waals surface area contributed by atoms with E-state index in [2.05, 4.69) is 5.32 Å². The zero-order valence-corrected chi connectivity index (χ0v) is 10.7. The Bertz CT molecular complexity index is 436. The van der Waals surface area contributed by atoms with Crippen molar-refractivity contribution in [2.75, 3.05) is 6.54 Å².